The van der Waals surface area contributed by atoms with Crippen LogP contribution in [-0.2, 0) is 0 Å². The van der Waals surface area contributed by atoms with Crippen molar-refractivity contribution in [1.29, 1.82) is 0 Å². The summed E-state index contributed by atoms with van der Waals surface area (Å²) in [4.78, 5) is 39.9. The zero-order valence-electron chi connectivity index (χ0n) is 16.7. The number of likely N-dealkylation sites (tertiary alicyclic amines) is 1. The molecule has 0 saturated carbocycles. The summed E-state index contributed by atoms with van der Waals surface area (Å²) >= 11 is 1.78. The standard InChI is InChI=1S/C22H23N3O4S/c1-16-4-2-3-5-19(16)21(27)23-12-10-22(11-13-23)24(14-15-30-22)20(26)17-6-8-18(9-7-17)25(28)29/h2-9H,10-15H2,1H3. The van der Waals surface area contributed by atoms with Gasteiger partial charge in [0.2, 0.25) is 0 Å². The van der Waals surface area contributed by atoms with Gasteiger partial charge in [0.25, 0.3) is 17.5 Å². The van der Waals surface area contributed by atoms with E-state index in [0.717, 1.165) is 16.9 Å². The molecular formula is C22H23N3O4S. The van der Waals surface area contributed by atoms with Gasteiger partial charge in [0.1, 0.15) is 0 Å². The molecule has 156 valence electrons. The fourth-order valence-electron chi connectivity index (χ4n) is 4.23. The zero-order valence-corrected chi connectivity index (χ0v) is 17.6. The molecule has 0 aromatic heterocycles. The minimum absolute atomic E-state index is 0.0277. The van der Waals surface area contributed by atoms with Crippen LogP contribution in [0.25, 0.3) is 0 Å². The predicted molar refractivity (Wildman–Crippen MR) is 116 cm³/mol. The lowest BCUT2D eigenvalue weighted by atomic mass is 9.99. The number of hydrogen-bond donors (Lipinski definition) is 0. The zero-order chi connectivity index (χ0) is 21.3. The maximum absolute atomic E-state index is 13.1. The Balaban J connectivity index is 1.47. The third kappa shape index (κ3) is 3.67. The molecule has 4 rings (SSSR count). The van der Waals surface area contributed by atoms with Gasteiger partial charge in [0.05, 0.1) is 9.79 Å². The number of nitro benzene ring substituents is 1. The molecule has 2 aliphatic heterocycles. The minimum atomic E-state index is -0.470. The highest BCUT2D eigenvalue weighted by molar-refractivity contribution is 8.00. The molecule has 2 aliphatic rings. The number of carbonyl (C=O) groups excluding carboxylic acids is 2. The predicted octanol–water partition coefficient (Wildman–Crippen LogP) is 3.72. The molecule has 0 aliphatic carbocycles. The highest BCUT2D eigenvalue weighted by atomic mass is 32.2. The first-order valence-corrected chi connectivity index (χ1v) is 11.0. The Morgan fingerprint density at radius 2 is 1.67 bits per heavy atom. The lowest BCUT2D eigenvalue weighted by Crippen LogP contribution is -2.53. The molecule has 2 aromatic carbocycles. The molecule has 2 saturated heterocycles. The van der Waals surface area contributed by atoms with Crippen LogP contribution in [0.2, 0.25) is 0 Å². The van der Waals surface area contributed by atoms with Crippen molar-refractivity contribution in [2.24, 2.45) is 0 Å². The summed E-state index contributed by atoms with van der Waals surface area (Å²) in [7, 11) is 0. The highest BCUT2D eigenvalue weighted by Crippen LogP contribution is 2.44. The second kappa shape index (κ2) is 8.10. The van der Waals surface area contributed by atoms with Gasteiger partial charge in [-0.2, -0.15) is 0 Å². The third-order valence-electron chi connectivity index (χ3n) is 5.96. The fourth-order valence-corrected chi connectivity index (χ4v) is 5.69. The van der Waals surface area contributed by atoms with E-state index in [1.165, 1.54) is 24.3 Å². The number of rotatable bonds is 3. The number of non-ortho nitro benzene ring substituents is 1. The van der Waals surface area contributed by atoms with E-state index in [1.807, 2.05) is 41.0 Å². The number of carbonyl (C=O) groups is 2. The van der Waals surface area contributed by atoms with Crippen LogP contribution < -0.4 is 0 Å². The number of piperidine rings is 1. The van der Waals surface area contributed by atoms with Crippen LogP contribution in [0.4, 0.5) is 5.69 Å². The molecule has 0 unspecified atom stereocenters. The minimum Gasteiger partial charge on any atom is -0.338 e. The molecule has 0 N–H and O–H groups in total. The Bertz CT molecular complexity index is 984. The van der Waals surface area contributed by atoms with Gasteiger partial charge in [-0.3, -0.25) is 19.7 Å². The molecule has 0 bridgehead atoms. The summed E-state index contributed by atoms with van der Waals surface area (Å²) in [6.07, 6.45) is 1.43. The Labute approximate surface area is 179 Å². The largest absolute Gasteiger partial charge is 0.338 e. The maximum atomic E-state index is 13.1. The van der Waals surface area contributed by atoms with Crippen LogP contribution in [0, 0.1) is 17.0 Å². The van der Waals surface area contributed by atoms with Crippen LogP contribution in [0.1, 0.15) is 39.1 Å². The number of aryl methyl sites for hydroxylation is 1. The average molecular weight is 426 g/mol. The van der Waals surface area contributed by atoms with E-state index in [2.05, 4.69) is 0 Å². The van der Waals surface area contributed by atoms with Gasteiger partial charge >= 0.3 is 0 Å². The smallest absolute Gasteiger partial charge is 0.269 e. The van der Waals surface area contributed by atoms with Crippen molar-refractivity contribution >= 4 is 29.3 Å². The summed E-state index contributed by atoms with van der Waals surface area (Å²) in [6, 6.07) is 13.4. The summed E-state index contributed by atoms with van der Waals surface area (Å²) in [5.41, 5.74) is 2.13. The van der Waals surface area contributed by atoms with Crippen LogP contribution in [0.15, 0.2) is 48.5 Å². The van der Waals surface area contributed by atoms with Gasteiger partial charge in [0, 0.05) is 48.6 Å². The average Bonchev–Trinajstić information content (AvgIpc) is 3.16. The molecule has 2 aromatic rings. The Kier molecular flexibility index (Phi) is 5.51. The van der Waals surface area contributed by atoms with Gasteiger partial charge in [-0.05, 0) is 43.5 Å². The van der Waals surface area contributed by atoms with Gasteiger partial charge in [-0.15, -0.1) is 11.8 Å². The van der Waals surface area contributed by atoms with Gasteiger partial charge in [-0.1, -0.05) is 18.2 Å². The third-order valence-corrected chi connectivity index (χ3v) is 7.51. The van der Waals surface area contributed by atoms with Crippen molar-refractivity contribution in [1.82, 2.24) is 9.80 Å². The van der Waals surface area contributed by atoms with Crippen molar-refractivity contribution in [2.45, 2.75) is 24.6 Å². The topological polar surface area (TPSA) is 83.8 Å². The first-order valence-electron chi connectivity index (χ1n) is 9.97. The van der Waals surface area contributed by atoms with Crippen molar-refractivity contribution in [3.8, 4) is 0 Å². The summed E-state index contributed by atoms with van der Waals surface area (Å²) in [5.74, 6) is 0.789. The Morgan fingerprint density at radius 3 is 2.30 bits per heavy atom. The highest BCUT2D eigenvalue weighted by Gasteiger charge is 2.47. The molecule has 2 fully saturated rings. The second-order valence-corrected chi connectivity index (χ2v) is 9.12. The number of amides is 2. The SMILES string of the molecule is Cc1ccccc1C(=O)N1CCC2(CC1)SCCN2C(=O)c1ccc([N+](=O)[O-])cc1. The molecule has 2 amide bonds. The maximum Gasteiger partial charge on any atom is 0.269 e. The molecule has 8 heteroatoms. The number of hydrogen-bond acceptors (Lipinski definition) is 5. The van der Waals surface area contributed by atoms with Crippen LogP contribution in [0.3, 0.4) is 0 Å². The quantitative estimate of drug-likeness (QED) is 0.553. The van der Waals surface area contributed by atoms with Gasteiger partial charge in [0.15, 0.2) is 0 Å². The molecule has 0 atom stereocenters. The van der Waals surface area contributed by atoms with Crippen molar-refractivity contribution in [2.75, 3.05) is 25.4 Å². The number of benzene rings is 2. The summed E-state index contributed by atoms with van der Waals surface area (Å²) < 4.78 is 0. The van der Waals surface area contributed by atoms with Gasteiger partial charge in [-0.25, -0.2) is 0 Å². The first kappa shape index (κ1) is 20.4. The van der Waals surface area contributed by atoms with E-state index in [9.17, 15) is 19.7 Å². The van der Waals surface area contributed by atoms with Crippen molar-refractivity contribution in [3.63, 3.8) is 0 Å². The molecule has 30 heavy (non-hydrogen) atoms. The van der Waals surface area contributed by atoms with Crippen molar-refractivity contribution < 1.29 is 14.5 Å². The second-order valence-electron chi connectivity index (χ2n) is 7.66. The van der Waals surface area contributed by atoms with Gasteiger partial charge < -0.3 is 9.80 Å². The fraction of sp³-hybridized carbons (Fsp3) is 0.364. The first-order chi connectivity index (χ1) is 14.4. The normalized spacial score (nSPS) is 17.9. The molecular weight excluding hydrogens is 402 g/mol. The van der Waals surface area contributed by atoms with E-state index in [1.54, 1.807) is 11.8 Å². The summed E-state index contributed by atoms with van der Waals surface area (Å²) in [5, 5.41) is 10.9. The lowest BCUT2D eigenvalue weighted by Gasteiger charge is -2.44. The molecule has 2 heterocycles. The van der Waals surface area contributed by atoms with Crippen LogP contribution in [0.5, 0.6) is 0 Å². The van der Waals surface area contributed by atoms with E-state index in [0.29, 0.717) is 38.0 Å². The van der Waals surface area contributed by atoms with E-state index in [4.69, 9.17) is 0 Å². The van der Waals surface area contributed by atoms with E-state index >= 15 is 0 Å². The Hall–Kier alpha value is -2.87. The van der Waals surface area contributed by atoms with E-state index < -0.39 is 4.92 Å². The summed E-state index contributed by atoms with van der Waals surface area (Å²) in [6.45, 7) is 3.79. The van der Waals surface area contributed by atoms with Crippen LogP contribution >= 0.6 is 11.8 Å². The van der Waals surface area contributed by atoms with E-state index in [-0.39, 0.29) is 22.4 Å². The van der Waals surface area contributed by atoms with Crippen molar-refractivity contribution in [3.05, 3.63) is 75.3 Å². The van der Waals surface area contributed by atoms with Crippen LogP contribution in [-0.4, -0.2) is 56.8 Å². The monoisotopic (exact) mass is 425 g/mol. The lowest BCUT2D eigenvalue weighted by molar-refractivity contribution is -0.384. The molecule has 0 radical (unpaired) electrons. The number of nitrogens with zero attached hydrogens (tertiary/aromatic N) is 3. The molecule has 1 spiro atoms. The molecule has 7 nitrogen and oxygen atoms in total. The number of nitro groups is 1. The number of thioether (sulfide) groups is 1. The Morgan fingerprint density at radius 1 is 1.00 bits per heavy atom.